The maximum Gasteiger partial charge on any atom is 0.122 e. The first-order chi connectivity index (χ1) is 12.6. The summed E-state index contributed by atoms with van der Waals surface area (Å²) in [6.45, 7) is 2.10. The highest BCUT2D eigenvalue weighted by Crippen LogP contribution is 2.28. The number of anilines is 1. The van der Waals surface area contributed by atoms with Crippen LogP contribution in [-0.2, 0) is 0 Å². The second kappa shape index (κ2) is 6.64. The van der Waals surface area contributed by atoms with Crippen LogP contribution in [0.2, 0.25) is 0 Å². The van der Waals surface area contributed by atoms with Gasteiger partial charge in [-0.05, 0) is 42.3 Å². The molecule has 0 bridgehead atoms. The molecule has 0 saturated heterocycles. The third-order valence-electron chi connectivity index (χ3n) is 4.65. The zero-order valence-corrected chi connectivity index (χ0v) is 15.3. The van der Waals surface area contributed by atoms with Crippen LogP contribution in [0.5, 0.6) is 0 Å². The summed E-state index contributed by atoms with van der Waals surface area (Å²) in [4.78, 5) is 3.94. The lowest BCUT2D eigenvalue weighted by Gasteiger charge is -2.19. The van der Waals surface area contributed by atoms with E-state index in [1.165, 1.54) is 22.4 Å². The lowest BCUT2D eigenvalue weighted by Crippen LogP contribution is -2.16. The summed E-state index contributed by atoms with van der Waals surface area (Å²) < 4.78 is 0. The van der Waals surface area contributed by atoms with Gasteiger partial charge in [0.2, 0.25) is 0 Å². The second-order valence-electron chi connectivity index (χ2n) is 6.81. The maximum absolute atomic E-state index is 4.74. The zero-order valence-electron chi connectivity index (χ0n) is 15.3. The highest BCUT2D eigenvalue weighted by atomic mass is 15.5. The molecule has 4 rings (SSSR count). The molecule has 1 unspecified atom stereocenters. The first kappa shape index (κ1) is 16.3. The van der Waals surface area contributed by atoms with Gasteiger partial charge in [-0.1, -0.05) is 54.1 Å². The number of aryl methyl sites for hydroxylation is 1. The predicted molar refractivity (Wildman–Crippen MR) is 107 cm³/mol. The third kappa shape index (κ3) is 3.06. The van der Waals surface area contributed by atoms with Gasteiger partial charge in [-0.25, -0.2) is 0 Å². The van der Waals surface area contributed by atoms with E-state index in [4.69, 9.17) is 10.2 Å². The number of fused-ring (bicyclic) bond motifs is 1. The highest BCUT2D eigenvalue weighted by Gasteiger charge is 2.19. The molecule has 0 fully saturated rings. The van der Waals surface area contributed by atoms with Crippen molar-refractivity contribution in [2.45, 2.75) is 13.0 Å². The van der Waals surface area contributed by atoms with E-state index in [-0.39, 0.29) is 6.04 Å². The maximum atomic E-state index is 4.74. The monoisotopic (exact) mass is 342 g/mol. The Bertz CT molecular complexity index is 981. The fraction of sp³-hybridized carbons (Fsp3) is 0.182. The van der Waals surface area contributed by atoms with Crippen molar-refractivity contribution >= 4 is 16.7 Å². The fourth-order valence-electron chi connectivity index (χ4n) is 3.15. The lowest BCUT2D eigenvalue weighted by molar-refractivity contribution is 0.526. The second-order valence-corrected chi connectivity index (χ2v) is 6.81. The van der Waals surface area contributed by atoms with Gasteiger partial charge in [0.25, 0.3) is 0 Å². The molecule has 4 nitrogen and oxygen atoms in total. The minimum absolute atomic E-state index is 0.0563. The molecule has 0 aliphatic rings. The molecule has 26 heavy (non-hydrogen) atoms. The van der Waals surface area contributed by atoms with Crippen LogP contribution in [0, 0.1) is 6.92 Å². The SMILES string of the molecule is Cc1ccc(C(c2ccc(N(C)C)cc2)n2nc3ccccc3n2)cc1. The number of hydrogen-bond acceptors (Lipinski definition) is 3. The Morgan fingerprint density at radius 2 is 1.23 bits per heavy atom. The van der Waals surface area contributed by atoms with E-state index in [0.717, 1.165) is 11.0 Å². The molecule has 0 saturated carbocycles. The van der Waals surface area contributed by atoms with Crippen molar-refractivity contribution in [2.24, 2.45) is 0 Å². The van der Waals surface area contributed by atoms with Gasteiger partial charge in [0.05, 0.1) is 0 Å². The van der Waals surface area contributed by atoms with Crippen molar-refractivity contribution in [3.8, 4) is 0 Å². The molecule has 0 aliphatic heterocycles. The first-order valence-corrected chi connectivity index (χ1v) is 8.77. The van der Waals surface area contributed by atoms with Crippen molar-refractivity contribution in [1.82, 2.24) is 15.0 Å². The summed E-state index contributed by atoms with van der Waals surface area (Å²) in [6.07, 6.45) is 0. The van der Waals surface area contributed by atoms with Crippen molar-refractivity contribution in [3.63, 3.8) is 0 Å². The zero-order chi connectivity index (χ0) is 18.1. The van der Waals surface area contributed by atoms with Crippen molar-refractivity contribution < 1.29 is 0 Å². The summed E-state index contributed by atoms with van der Waals surface area (Å²) >= 11 is 0. The normalized spacial score (nSPS) is 12.3. The van der Waals surface area contributed by atoms with Crippen LogP contribution >= 0.6 is 0 Å². The van der Waals surface area contributed by atoms with Crippen LogP contribution in [0.25, 0.3) is 11.0 Å². The minimum Gasteiger partial charge on any atom is -0.378 e. The average Bonchev–Trinajstić information content (AvgIpc) is 3.07. The molecule has 130 valence electrons. The van der Waals surface area contributed by atoms with Crippen LogP contribution in [-0.4, -0.2) is 29.1 Å². The molecule has 3 aromatic carbocycles. The van der Waals surface area contributed by atoms with Crippen LogP contribution in [0.1, 0.15) is 22.7 Å². The van der Waals surface area contributed by atoms with E-state index in [1.54, 1.807) is 0 Å². The number of rotatable bonds is 4. The summed E-state index contributed by atoms with van der Waals surface area (Å²) in [6, 6.07) is 25.1. The fourth-order valence-corrected chi connectivity index (χ4v) is 3.15. The average molecular weight is 342 g/mol. The van der Waals surface area contributed by atoms with Gasteiger partial charge in [-0.3, -0.25) is 0 Å². The van der Waals surface area contributed by atoms with E-state index < -0.39 is 0 Å². The molecular weight excluding hydrogens is 320 g/mol. The summed E-state index contributed by atoms with van der Waals surface area (Å²) in [7, 11) is 4.10. The summed E-state index contributed by atoms with van der Waals surface area (Å²) in [5.74, 6) is 0. The van der Waals surface area contributed by atoms with Crippen molar-refractivity contribution in [2.75, 3.05) is 19.0 Å². The lowest BCUT2D eigenvalue weighted by atomic mass is 9.98. The Labute approximate surface area is 153 Å². The molecule has 1 atom stereocenters. The van der Waals surface area contributed by atoms with Gasteiger partial charge in [0.1, 0.15) is 17.1 Å². The Kier molecular flexibility index (Phi) is 4.17. The molecule has 4 aromatic rings. The Morgan fingerprint density at radius 1 is 0.731 bits per heavy atom. The Balaban J connectivity index is 1.84. The molecule has 4 heteroatoms. The van der Waals surface area contributed by atoms with E-state index in [1.807, 2.05) is 43.2 Å². The third-order valence-corrected chi connectivity index (χ3v) is 4.65. The molecule has 0 amide bonds. The topological polar surface area (TPSA) is 34.0 Å². The van der Waals surface area contributed by atoms with E-state index >= 15 is 0 Å². The molecule has 1 heterocycles. The van der Waals surface area contributed by atoms with E-state index in [9.17, 15) is 0 Å². The van der Waals surface area contributed by atoms with Gasteiger partial charge in [-0.15, -0.1) is 0 Å². The summed E-state index contributed by atoms with van der Waals surface area (Å²) in [5, 5.41) is 9.48. The smallest absolute Gasteiger partial charge is 0.122 e. The van der Waals surface area contributed by atoms with Gasteiger partial charge >= 0.3 is 0 Å². The van der Waals surface area contributed by atoms with Crippen molar-refractivity contribution in [3.05, 3.63) is 89.5 Å². The van der Waals surface area contributed by atoms with Gasteiger partial charge in [0.15, 0.2) is 0 Å². The van der Waals surface area contributed by atoms with Crippen LogP contribution in [0.4, 0.5) is 5.69 Å². The molecule has 0 spiro atoms. The first-order valence-electron chi connectivity index (χ1n) is 8.77. The number of nitrogens with zero attached hydrogens (tertiary/aromatic N) is 4. The quantitative estimate of drug-likeness (QED) is 0.550. The van der Waals surface area contributed by atoms with E-state index in [0.29, 0.717) is 0 Å². The molecule has 0 N–H and O–H groups in total. The van der Waals surface area contributed by atoms with Crippen LogP contribution in [0.3, 0.4) is 0 Å². The summed E-state index contributed by atoms with van der Waals surface area (Å²) in [5.41, 5.74) is 6.58. The van der Waals surface area contributed by atoms with Crippen molar-refractivity contribution in [1.29, 1.82) is 0 Å². The molecular formula is C22H22N4. The predicted octanol–water partition coefficient (Wildman–Crippen LogP) is 4.44. The van der Waals surface area contributed by atoms with E-state index in [2.05, 4.69) is 60.4 Å². The highest BCUT2D eigenvalue weighted by molar-refractivity contribution is 5.73. The standard InChI is InChI=1S/C22H22N4/c1-16-8-10-17(11-9-16)22(18-12-14-19(15-13-18)25(2)3)26-23-20-6-4-5-7-21(20)24-26/h4-15,22H,1-3H3. The van der Waals surface area contributed by atoms with Gasteiger partial charge in [0, 0.05) is 19.8 Å². The number of aromatic nitrogens is 3. The number of benzene rings is 3. The van der Waals surface area contributed by atoms with Crippen LogP contribution < -0.4 is 4.90 Å². The van der Waals surface area contributed by atoms with Crippen LogP contribution in [0.15, 0.2) is 72.8 Å². The Morgan fingerprint density at radius 3 is 1.73 bits per heavy atom. The molecule has 0 radical (unpaired) electrons. The van der Waals surface area contributed by atoms with Gasteiger partial charge in [-0.2, -0.15) is 15.0 Å². The Hall–Kier alpha value is -3.14. The molecule has 1 aromatic heterocycles. The minimum atomic E-state index is -0.0563. The molecule has 0 aliphatic carbocycles. The van der Waals surface area contributed by atoms with Gasteiger partial charge < -0.3 is 4.90 Å². The number of hydrogen-bond donors (Lipinski definition) is 0. The largest absolute Gasteiger partial charge is 0.378 e.